The van der Waals surface area contributed by atoms with E-state index in [0.29, 0.717) is 31.1 Å². The molecule has 24 heavy (non-hydrogen) atoms. The number of nitrogens with one attached hydrogen (secondary N) is 1. The van der Waals surface area contributed by atoms with Gasteiger partial charge in [-0.1, -0.05) is 0 Å². The number of hydrogen-bond acceptors (Lipinski definition) is 3. The van der Waals surface area contributed by atoms with Crippen molar-refractivity contribution in [2.45, 2.75) is 19.4 Å². The molecule has 1 saturated heterocycles. The normalized spacial score (nSPS) is 17.2. The average Bonchev–Trinajstić information content (AvgIpc) is 3.25. The summed E-state index contributed by atoms with van der Waals surface area (Å²) in [5, 5.41) is 6.99. The molecule has 0 bridgehead atoms. The van der Waals surface area contributed by atoms with Gasteiger partial charge in [0.05, 0.1) is 0 Å². The van der Waals surface area contributed by atoms with Crippen LogP contribution >= 0.6 is 0 Å². The first-order chi connectivity index (χ1) is 11.6. The standard InChI is InChI=1S/C17H20F2N4O/c18-15-3-2-14(10-16(15)19)22-8-4-13(12-22)11-20-17(24)5-9-23-7-1-6-21-23/h1-3,6-7,10,13H,4-5,8-9,11-12H2,(H,20,24). The van der Waals surface area contributed by atoms with E-state index in [4.69, 9.17) is 0 Å². The highest BCUT2D eigenvalue weighted by molar-refractivity contribution is 5.75. The summed E-state index contributed by atoms with van der Waals surface area (Å²) in [6.07, 6.45) is 4.81. The van der Waals surface area contributed by atoms with Gasteiger partial charge in [0.25, 0.3) is 0 Å². The number of halogens is 2. The first kappa shape index (κ1) is 16.4. The second-order valence-corrected chi connectivity index (χ2v) is 6.02. The fourth-order valence-corrected chi connectivity index (χ4v) is 2.91. The molecule has 1 N–H and O–H groups in total. The van der Waals surface area contributed by atoms with E-state index < -0.39 is 11.6 Å². The number of carbonyl (C=O) groups excluding carboxylic acids is 1. The Hall–Kier alpha value is -2.44. The Bertz CT molecular complexity index is 690. The number of hydrogen-bond donors (Lipinski definition) is 1. The third-order valence-electron chi connectivity index (χ3n) is 4.27. The van der Waals surface area contributed by atoms with Crippen molar-refractivity contribution in [1.82, 2.24) is 15.1 Å². The van der Waals surface area contributed by atoms with Crippen molar-refractivity contribution < 1.29 is 13.6 Å². The Morgan fingerprint density at radius 1 is 1.33 bits per heavy atom. The summed E-state index contributed by atoms with van der Waals surface area (Å²) in [7, 11) is 0. The van der Waals surface area contributed by atoms with Crippen molar-refractivity contribution in [1.29, 1.82) is 0 Å². The highest BCUT2D eigenvalue weighted by atomic mass is 19.2. The lowest BCUT2D eigenvalue weighted by molar-refractivity contribution is -0.121. The largest absolute Gasteiger partial charge is 0.371 e. The molecule has 1 aromatic heterocycles. The van der Waals surface area contributed by atoms with Crippen molar-refractivity contribution >= 4 is 11.6 Å². The molecular weight excluding hydrogens is 314 g/mol. The van der Waals surface area contributed by atoms with Gasteiger partial charge in [-0.05, 0) is 30.5 Å². The van der Waals surface area contributed by atoms with E-state index >= 15 is 0 Å². The van der Waals surface area contributed by atoms with Crippen LogP contribution in [0.4, 0.5) is 14.5 Å². The van der Waals surface area contributed by atoms with Gasteiger partial charge in [0, 0.05) is 56.7 Å². The Labute approximate surface area is 139 Å². The minimum absolute atomic E-state index is 0.00298. The minimum atomic E-state index is -0.834. The number of benzene rings is 1. The van der Waals surface area contributed by atoms with Gasteiger partial charge >= 0.3 is 0 Å². The van der Waals surface area contributed by atoms with Crippen LogP contribution in [0.2, 0.25) is 0 Å². The summed E-state index contributed by atoms with van der Waals surface area (Å²) in [5.74, 6) is -1.36. The maximum absolute atomic E-state index is 13.3. The minimum Gasteiger partial charge on any atom is -0.371 e. The summed E-state index contributed by atoms with van der Waals surface area (Å²) in [6.45, 7) is 2.66. The van der Waals surface area contributed by atoms with E-state index in [0.717, 1.165) is 25.6 Å². The van der Waals surface area contributed by atoms with E-state index in [2.05, 4.69) is 10.4 Å². The topological polar surface area (TPSA) is 50.2 Å². The predicted octanol–water partition coefficient (Wildman–Crippen LogP) is 2.19. The summed E-state index contributed by atoms with van der Waals surface area (Å²) in [6, 6.07) is 5.78. The van der Waals surface area contributed by atoms with Gasteiger partial charge in [-0.2, -0.15) is 5.10 Å². The van der Waals surface area contributed by atoms with Crippen LogP contribution in [0.5, 0.6) is 0 Å². The number of amides is 1. The number of aromatic nitrogens is 2. The average molecular weight is 334 g/mol. The van der Waals surface area contributed by atoms with E-state index in [1.807, 2.05) is 17.2 Å². The van der Waals surface area contributed by atoms with Gasteiger partial charge < -0.3 is 10.2 Å². The molecule has 1 fully saturated rings. The lowest BCUT2D eigenvalue weighted by Gasteiger charge is -2.19. The molecule has 7 heteroatoms. The molecule has 0 aliphatic carbocycles. The molecule has 1 aliphatic rings. The van der Waals surface area contributed by atoms with Crippen molar-refractivity contribution in [2.24, 2.45) is 5.92 Å². The van der Waals surface area contributed by atoms with Crippen molar-refractivity contribution in [3.05, 3.63) is 48.3 Å². The maximum Gasteiger partial charge on any atom is 0.221 e. The third kappa shape index (κ3) is 4.10. The third-order valence-corrected chi connectivity index (χ3v) is 4.27. The number of aryl methyl sites for hydroxylation is 1. The lowest BCUT2D eigenvalue weighted by Crippen LogP contribution is -2.31. The first-order valence-electron chi connectivity index (χ1n) is 8.06. The number of anilines is 1. The summed E-state index contributed by atoms with van der Waals surface area (Å²) in [5.41, 5.74) is 0.682. The molecule has 0 saturated carbocycles. The molecule has 2 aromatic rings. The smallest absolute Gasteiger partial charge is 0.221 e. The highest BCUT2D eigenvalue weighted by Crippen LogP contribution is 2.24. The number of rotatable bonds is 6. The quantitative estimate of drug-likeness (QED) is 0.881. The predicted molar refractivity (Wildman–Crippen MR) is 86.5 cm³/mol. The number of carbonyl (C=O) groups is 1. The van der Waals surface area contributed by atoms with Gasteiger partial charge in [0.1, 0.15) is 0 Å². The van der Waals surface area contributed by atoms with Crippen molar-refractivity contribution in [2.75, 3.05) is 24.5 Å². The second-order valence-electron chi connectivity index (χ2n) is 6.02. The van der Waals surface area contributed by atoms with Crippen LogP contribution in [0, 0.1) is 17.6 Å². The molecule has 0 radical (unpaired) electrons. The molecule has 1 aliphatic heterocycles. The highest BCUT2D eigenvalue weighted by Gasteiger charge is 2.23. The SMILES string of the molecule is O=C(CCn1cccn1)NCC1CCN(c2ccc(F)c(F)c2)C1. The molecule has 128 valence electrons. The second kappa shape index (κ2) is 7.42. The maximum atomic E-state index is 13.3. The van der Waals surface area contributed by atoms with Crippen LogP contribution in [0.25, 0.3) is 0 Å². The zero-order valence-corrected chi connectivity index (χ0v) is 13.3. The van der Waals surface area contributed by atoms with Crippen LogP contribution in [-0.4, -0.2) is 35.3 Å². The van der Waals surface area contributed by atoms with E-state index in [1.54, 1.807) is 16.9 Å². The molecule has 1 amide bonds. The van der Waals surface area contributed by atoms with Crippen LogP contribution in [0.3, 0.4) is 0 Å². The fraction of sp³-hybridized carbons (Fsp3) is 0.412. The van der Waals surface area contributed by atoms with Gasteiger partial charge in [0.15, 0.2) is 11.6 Å². The molecular formula is C17H20F2N4O. The summed E-state index contributed by atoms with van der Waals surface area (Å²) in [4.78, 5) is 13.9. The molecule has 3 rings (SSSR count). The fourth-order valence-electron chi connectivity index (χ4n) is 2.91. The first-order valence-corrected chi connectivity index (χ1v) is 8.06. The van der Waals surface area contributed by atoms with Gasteiger partial charge in [0.2, 0.25) is 5.91 Å². The molecule has 2 heterocycles. The number of nitrogens with zero attached hydrogens (tertiary/aromatic N) is 3. The van der Waals surface area contributed by atoms with Gasteiger partial charge in [-0.3, -0.25) is 9.48 Å². The summed E-state index contributed by atoms with van der Waals surface area (Å²) < 4.78 is 28.0. The zero-order chi connectivity index (χ0) is 16.9. The summed E-state index contributed by atoms with van der Waals surface area (Å²) >= 11 is 0. The Balaban J connectivity index is 1.42. The van der Waals surface area contributed by atoms with Crippen LogP contribution in [-0.2, 0) is 11.3 Å². The molecule has 5 nitrogen and oxygen atoms in total. The Morgan fingerprint density at radius 3 is 2.96 bits per heavy atom. The van der Waals surface area contributed by atoms with Crippen LogP contribution < -0.4 is 10.2 Å². The lowest BCUT2D eigenvalue weighted by atomic mass is 10.1. The molecule has 1 atom stereocenters. The van der Waals surface area contributed by atoms with Crippen molar-refractivity contribution in [3.8, 4) is 0 Å². The molecule has 0 spiro atoms. The molecule has 1 aromatic carbocycles. The van der Waals surface area contributed by atoms with Crippen molar-refractivity contribution in [3.63, 3.8) is 0 Å². The van der Waals surface area contributed by atoms with Crippen LogP contribution in [0.1, 0.15) is 12.8 Å². The van der Waals surface area contributed by atoms with Crippen LogP contribution in [0.15, 0.2) is 36.7 Å². The zero-order valence-electron chi connectivity index (χ0n) is 13.3. The van der Waals surface area contributed by atoms with E-state index in [1.165, 1.54) is 6.07 Å². The van der Waals surface area contributed by atoms with E-state index in [-0.39, 0.29) is 5.91 Å². The Morgan fingerprint density at radius 2 is 2.21 bits per heavy atom. The van der Waals surface area contributed by atoms with E-state index in [9.17, 15) is 13.6 Å². The van der Waals surface area contributed by atoms with Gasteiger partial charge in [-0.25, -0.2) is 8.78 Å². The van der Waals surface area contributed by atoms with Gasteiger partial charge in [-0.15, -0.1) is 0 Å². The monoisotopic (exact) mass is 334 g/mol. The molecule has 1 unspecified atom stereocenters. The Kier molecular flexibility index (Phi) is 5.08.